The van der Waals surface area contributed by atoms with Gasteiger partial charge in [0.2, 0.25) is 0 Å². The molecule has 0 aromatic carbocycles. The normalized spacial score (nSPS) is 11.4. The molecule has 0 saturated carbocycles. The van der Waals surface area contributed by atoms with Gasteiger partial charge in [0.1, 0.15) is 8.43 Å². The third-order valence-corrected chi connectivity index (χ3v) is 1.74. The van der Waals surface area contributed by atoms with Crippen molar-refractivity contribution in [2.75, 3.05) is 0 Å². The van der Waals surface area contributed by atoms with Crippen LogP contribution < -0.4 is 0 Å². The van der Waals surface area contributed by atoms with Gasteiger partial charge in [0.15, 0.2) is 0 Å². The summed E-state index contributed by atoms with van der Waals surface area (Å²) in [7, 11) is 0. The highest BCUT2D eigenvalue weighted by atomic mass is 80.0. The fraction of sp³-hybridized carbons (Fsp3) is 0.750. The molecule has 0 amide bonds. The van der Waals surface area contributed by atoms with Crippen LogP contribution in [0.5, 0.6) is 0 Å². The molecule has 0 aliphatic carbocycles. The van der Waals surface area contributed by atoms with E-state index in [1.807, 2.05) is 0 Å². The monoisotopic (exact) mass is 306 g/mol. The molecule has 0 spiro atoms. The molecule has 0 unspecified atom stereocenters. The Morgan fingerprint density at radius 2 is 1.88 bits per heavy atom. The molecule has 0 fully saturated rings. The summed E-state index contributed by atoms with van der Waals surface area (Å²) in [5.74, 6) is 0. The first-order valence-electron chi connectivity index (χ1n) is 2.06. The van der Waals surface area contributed by atoms with E-state index in [1.54, 1.807) is 0 Å². The fourth-order valence-corrected chi connectivity index (χ4v) is 0.909. The van der Waals surface area contributed by atoms with E-state index in [2.05, 4.69) is 47.8 Å². The minimum Gasteiger partial charge on any atom is -0.303 e. The van der Waals surface area contributed by atoms with Crippen LogP contribution in [-0.4, -0.2) is 8.43 Å². The van der Waals surface area contributed by atoms with E-state index < -0.39 is 0 Å². The first kappa shape index (κ1) is 9.11. The van der Waals surface area contributed by atoms with Crippen LogP contribution in [-0.2, 0) is 4.79 Å². The number of hydrogen-bond acceptors (Lipinski definition) is 1. The van der Waals surface area contributed by atoms with E-state index in [0.29, 0.717) is 6.42 Å². The molecule has 0 radical (unpaired) electrons. The fourth-order valence-electron chi connectivity index (χ4n) is 0.223. The molecule has 0 N–H and O–H groups in total. The molecule has 48 valence electrons. The molecule has 0 atom stereocenters. The number of carbonyl (C=O) groups excluding carboxylic acids is 1. The number of carbonyl (C=O) groups is 1. The summed E-state index contributed by atoms with van der Waals surface area (Å²) < 4.78 is -0.242. The smallest absolute Gasteiger partial charge is 0.135 e. The van der Waals surface area contributed by atoms with Gasteiger partial charge in [0.25, 0.3) is 0 Å². The zero-order valence-corrected chi connectivity index (χ0v) is 8.79. The maximum Gasteiger partial charge on any atom is 0.135 e. The summed E-state index contributed by atoms with van der Waals surface area (Å²) >= 11 is 9.76. The molecule has 8 heavy (non-hydrogen) atoms. The number of alkyl halides is 3. The number of aldehydes is 1. The van der Waals surface area contributed by atoms with Crippen LogP contribution in [0.1, 0.15) is 12.8 Å². The summed E-state index contributed by atoms with van der Waals surface area (Å²) in [5.41, 5.74) is 0. The van der Waals surface area contributed by atoms with E-state index in [9.17, 15) is 4.79 Å². The van der Waals surface area contributed by atoms with Crippen molar-refractivity contribution >= 4 is 54.1 Å². The molecule has 0 saturated heterocycles. The molecule has 4 heteroatoms. The molecular formula is C4H5Br3O. The van der Waals surface area contributed by atoms with Crippen LogP contribution in [0.25, 0.3) is 0 Å². The molecule has 1 nitrogen and oxygen atoms in total. The number of hydrogen-bond donors (Lipinski definition) is 0. The standard InChI is InChI=1S/C4H5Br3O/c5-4(6,7)2-1-3-8/h3H,1-2H2. The van der Waals surface area contributed by atoms with Gasteiger partial charge in [-0.3, -0.25) is 0 Å². The maximum absolute atomic E-state index is 9.79. The Morgan fingerprint density at radius 1 is 1.38 bits per heavy atom. The van der Waals surface area contributed by atoms with Crippen LogP contribution in [0.2, 0.25) is 0 Å². The highest BCUT2D eigenvalue weighted by Crippen LogP contribution is 2.37. The Hall–Kier alpha value is 1.11. The lowest BCUT2D eigenvalue weighted by atomic mass is 10.4. The summed E-state index contributed by atoms with van der Waals surface area (Å²) in [4.78, 5) is 9.79. The average molecular weight is 309 g/mol. The maximum atomic E-state index is 9.79. The van der Waals surface area contributed by atoms with Gasteiger partial charge in [-0.15, -0.1) is 0 Å². The highest BCUT2D eigenvalue weighted by molar-refractivity contribution is 9.39. The van der Waals surface area contributed by atoms with Crippen LogP contribution >= 0.6 is 47.8 Å². The predicted molar refractivity (Wildman–Crippen MR) is 44.8 cm³/mol. The largest absolute Gasteiger partial charge is 0.303 e. The van der Waals surface area contributed by atoms with Crippen LogP contribution in [0, 0.1) is 0 Å². The van der Waals surface area contributed by atoms with Crippen LogP contribution in [0.3, 0.4) is 0 Å². The predicted octanol–water partition coefficient (Wildman–Crippen LogP) is 2.80. The lowest BCUT2D eigenvalue weighted by molar-refractivity contribution is -0.107. The topological polar surface area (TPSA) is 17.1 Å². The number of halogens is 3. The van der Waals surface area contributed by atoms with Gasteiger partial charge >= 0.3 is 0 Å². The van der Waals surface area contributed by atoms with E-state index in [-0.39, 0.29) is 2.14 Å². The third kappa shape index (κ3) is 7.11. The first-order chi connectivity index (χ1) is 3.56. The Kier molecular flexibility index (Phi) is 4.57. The van der Waals surface area contributed by atoms with Gasteiger partial charge in [0, 0.05) is 6.42 Å². The summed E-state index contributed by atoms with van der Waals surface area (Å²) in [5, 5.41) is 0. The van der Waals surface area contributed by atoms with Gasteiger partial charge in [-0.05, 0) is 6.42 Å². The Labute approximate surface area is 73.6 Å². The molecule has 0 aromatic rings. The quantitative estimate of drug-likeness (QED) is 0.566. The number of rotatable bonds is 2. The summed E-state index contributed by atoms with van der Waals surface area (Å²) in [6.07, 6.45) is 2.19. The van der Waals surface area contributed by atoms with E-state index in [0.717, 1.165) is 12.7 Å². The van der Waals surface area contributed by atoms with Crippen molar-refractivity contribution < 1.29 is 4.79 Å². The highest BCUT2D eigenvalue weighted by Gasteiger charge is 2.15. The van der Waals surface area contributed by atoms with Crippen LogP contribution in [0.15, 0.2) is 0 Å². The molecule has 0 bridgehead atoms. The van der Waals surface area contributed by atoms with Crippen molar-refractivity contribution in [3.8, 4) is 0 Å². The molecule has 0 heterocycles. The molecular weight excluding hydrogens is 304 g/mol. The molecule has 0 aromatic heterocycles. The lowest BCUT2D eigenvalue weighted by Crippen LogP contribution is -1.97. The van der Waals surface area contributed by atoms with Gasteiger partial charge in [-0.25, -0.2) is 0 Å². The van der Waals surface area contributed by atoms with Gasteiger partial charge in [-0.1, -0.05) is 47.8 Å². The van der Waals surface area contributed by atoms with Gasteiger partial charge in [-0.2, -0.15) is 0 Å². The van der Waals surface area contributed by atoms with E-state index >= 15 is 0 Å². The molecule has 0 aliphatic rings. The zero-order valence-electron chi connectivity index (χ0n) is 4.03. The summed E-state index contributed by atoms with van der Waals surface area (Å²) in [6, 6.07) is 0. The van der Waals surface area contributed by atoms with Crippen molar-refractivity contribution in [3.63, 3.8) is 0 Å². The second kappa shape index (κ2) is 4.01. The SMILES string of the molecule is O=CCCC(Br)(Br)Br. The minimum absolute atomic E-state index is 0.242. The van der Waals surface area contributed by atoms with Gasteiger partial charge in [0.05, 0.1) is 0 Å². The van der Waals surface area contributed by atoms with Crippen molar-refractivity contribution in [1.82, 2.24) is 0 Å². The average Bonchev–Trinajstić information content (AvgIpc) is 1.59. The van der Waals surface area contributed by atoms with Crippen LogP contribution in [0.4, 0.5) is 0 Å². The lowest BCUT2D eigenvalue weighted by Gasteiger charge is -2.07. The second-order valence-electron chi connectivity index (χ2n) is 1.32. The van der Waals surface area contributed by atoms with Gasteiger partial charge < -0.3 is 4.79 Å². The van der Waals surface area contributed by atoms with E-state index in [1.165, 1.54) is 0 Å². The Morgan fingerprint density at radius 3 is 2.00 bits per heavy atom. The van der Waals surface area contributed by atoms with Crippen molar-refractivity contribution in [1.29, 1.82) is 0 Å². The second-order valence-corrected chi connectivity index (χ2v) is 8.57. The summed E-state index contributed by atoms with van der Waals surface area (Å²) in [6.45, 7) is 0. The third-order valence-electron chi connectivity index (χ3n) is 0.546. The van der Waals surface area contributed by atoms with Crippen molar-refractivity contribution in [3.05, 3.63) is 0 Å². The Balaban J connectivity index is 3.24. The zero-order chi connectivity index (χ0) is 6.62. The van der Waals surface area contributed by atoms with Crippen molar-refractivity contribution in [2.24, 2.45) is 0 Å². The minimum atomic E-state index is -0.242. The Bertz CT molecular complexity index is 75.8. The molecule has 0 rings (SSSR count). The first-order valence-corrected chi connectivity index (χ1v) is 4.44. The molecule has 0 aliphatic heterocycles. The van der Waals surface area contributed by atoms with Crippen molar-refractivity contribution in [2.45, 2.75) is 15.0 Å². The van der Waals surface area contributed by atoms with E-state index in [4.69, 9.17) is 0 Å².